The Hall–Kier alpha value is -1.38. The van der Waals surface area contributed by atoms with Crippen molar-refractivity contribution in [1.29, 1.82) is 0 Å². The zero-order valence-electron chi connectivity index (χ0n) is 11.6. The van der Waals surface area contributed by atoms with Gasteiger partial charge >= 0.3 is 0 Å². The van der Waals surface area contributed by atoms with E-state index in [-0.39, 0.29) is 11.4 Å². The van der Waals surface area contributed by atoms with E-state index >= 15 is 0 Å². The minimum Gasteiger partial charge on any atom is -0.378 e. The molecule has 11 heavy (non-hydrogen) atoms. The normalized spacial score (nSPS) is 19.6. The van der Waals surface area contributed by atoms with Crippen LogP contribution in [0.1, 0.15) is 8.22 Å². The third-order valence-electron chi connectivity index (χ3n) is 1.21. The minimum absolute atomic E-state index is 0.0163. The highest BCUT2D eigenvalue weighted by Gasteiger charge is 1.93. The first kappa shape index (κ1) is 2.93. The summed E-state index contributed by atoms with van der Waals surface area (Å²) in [5.74, 6) is 0. The Labute approximate surface area is 74.0 Å². The standard InChI is InChI=1S/C8H10N2O/c1-10(2)8-5-3-7(9-11)4-6-8/h3-6H,1-2H3/i1D3,2D3. The molecule has 0 atom stereocenters. The van der Waals surface area contributed by atoms with Crippen LogP contribution in [0.4, 0.5) is 11.4 Å². The van der Waals surface area contributed by atoms with Gasteiger partial charge in [-0.15, -0.1) is 4.91 Å². The quantitative estimate of drug-likeness (QED) is 0.614. The molecule has 0 spiro atoms. The molecule has 0 saturated heterocycles. The molecule has 3 nitrogen and oxygen atoms in total. The lowest BCUT2D eigenvalue weighted by Crippen LogP contribution is -2.07. The van der Waals surface area contributed by atoms with Gasteiger partial charge in [-0.1, -0.05) is 0 Å². The van der Waals surface area contributed by atoms with E-state index in [0.717, 1.165) is 0 Å². The summed E-state index contributed by atoms with van der Waals surface area (Å²) in [5.41, 5.74) is 0.0854. The summed E-state index contributed by atoms with van der Waals surface area (Å²) in [5, 5.41) is 2.65. The maximum absolute atomic E-state index is 10.2. The van der Waals surface area contributed by atoms with Crippen molar-refractivity contribution < 1.29 is 8.22 Å². The molecular weight excluding hydrogens is 140 g/mol. The van der Waals surface area contributed by atoms with Crippen LogP contribution in [0, 0.1) is 4.91 Å². The summed E-state index contributed by atoms with van der Waals surface area (Å²) in [4.78, 5) is 10.5. The average molecular weight is 156 g/mol. The van der Waals surface area contributed by atoms with Gasteiger partial charge in [0.2, 0.25) is 0 Å². The van der Waals surface area contributed by atoms with Crippen LogP contribution in [0.2, 0.25) is 0 Å². The fourth-order valence-corrected chi connectivity index (χ4v) is 0.663. The second kappa shape index (κ2) is 3.14. The number of nitrogens with zero attached hydrogens (tertiary/aromatic N) is 2. The summed E-state index contributed by atoms with van der Waals surface area (Å²) in [6.07, 6.45) is 0. The van der Waals surface area contributed by atoms with Crippen molar-refractivity contribution in [3.63, 3.8) is 0 Å². The third kappa shape index (κ3) is 1.77. The smallest absolute Gasteiger partial charge is 0.108 e. The molecule has 0 fully saturated rings. The summed E-state index contributed by atoms with van der Waals surface area (Å²) in [6, 6.07) is 4.98. The number of nitroso groups, excluding NO2 is 1. The Morgan fingerprint density at radius 3 is 2.45 bits per heavy atom. The zero-order valence-corrected chi connectivity index (χ0v) is 5.61. The molecule has 1 aromatic carbocycles. The van der Waals surface area contributed by atoms with Crippen molar-refractivity contribution in [2.75, 3.05) is 18.9 Å². The second-order valence-corrected chi connectivity index (χ2v) is 1.94. The van der Waals surface area contributed by atoms with E-state index in [1.54, 1.807) is 0 Å². The van der Waals surface area contributed by atoms with Crippen molar-refractivity contribution in [3.05, 3.63) is 29.2 Å². The van der Waals surface area contributed by atoms with Crippen LogP contribution < -0.4 is 4.90 Å². The summed E-state index contributed by atoms with van der Waals surface area (Å²) < 4.78 is 43.2. The van der Waals surface area contributed by atoms with Gasteiger partial charge in [-0.3, -0.25) is 0 Å². The van der Waals surface area contributed by atoms with Gasteiger partial charge in [0.15, 0.2) is 0 Å². The van der Waals surface area contributed by atoms with Gasteiger partial charge in [-0.05, 0) is 29.4 Å². The molecule has 0 aliphatic heterocycles. The Morgan fingerprint density at radius 1 is 1.36 bits per heavy atom. The highest BCUT2D eigenvalue weighted by Crippen LogP contribution is 2.17. The summed E-state index contributed by atoms with van der Waals surface area (Å²) in [6.45, 7) is -5.58. The molecule has 0 amide bonds. The van der Waals surface area contributed by atoms with Gasteiger partial charge in [-0.2, -0.15) is 0 Å². The van der Waals surface area contributed by atoms with E-state index in [1.807, 2.05) is 0 Å². The summed E-state index contributed by atoms with van der Waals surface area (Å²) >= 11 is 0. The van der Waals surface area contributed by atoms with Gasteiger partial charge in [0.1, 0.15) is 5.69 Å². The maximum atomic E-state index is 10.2. The van der Waals surface area contributed by atoms with E-state index in [4.69, 9.17) is 8.22 Å². The molecule has 0 saturated carbocycles. The Bertz CT molecular complexity index is 382. The minimum atomic E-state index is -2.79. The lowest BCUT2D eigenvalue weighted by molar-refractivity contribution is 1.13. The van der Waals surface area contributed by atoms with Crippen LogP contribution in [0.25, 0.3) is 0 Å². The highest BCUT2D eigenvalue weighted by molar-refractivity contribution is 5.51. The molecule has 0 N–H and O–H groups in total. The van der Waals surface area contributed by atoms with Crippen molar-refractivity contribution >= 4 is 11.4 Å². The lowest BCUT2D eigenvalue weighted by Gasteiger charge is -2.10. The van der Waals surface area contributed by atoms with E-state index in [1.165, 1.54) is 24.3 Å². The number of anilines is 1. The van der Waals surface area contributed by atoms with Crippen LogP contribution in [-0.4, -0.2) is 14.0 Å². The van der Waals surface area contributed by atoms with E-state index in [0.29, 0.717) is 4.90 Å². The van der Waals surface area contributed by atoms with E-state index in [2.05, 4.69) is 5.18 Å². The molecule has 58 valence electrons. The zero-order chi connectivity index (χ0) is 13.3. The molecule has 0 aromatic heterocycles. The fraction of sp³-hybridized carbons (Fsp3) is 0.250. The maximum Gasteiger partial charge on any atom is 0.108 e. The Morgan fingerprint density at radius 2 is 2.00 bits per heavy atom. The van der Waals surface area contributed by atoms with E-state index < -0.39 is 14.0 Å². The van der Waals surface area contributed by atoms with Crippen molar-refractivity contribution in [2.45, 2.75) is 0 Å². The van der Waals surface area contributed by atoms with Gasteiger partial charge in [0.05, 0.1) is 0 Å². The number of benzene rings is 1. The van der Waals surface area contributed by atoms with Crippen molar-refractivity contribution in [2.24, 2.45) is 5.18 Å². The molecule has 0 aliphatic carbocycles. The van der Waals surface area contributed by atoms with Crippen LogP contribution in [0.15, 0.2) is 29.4 Å². The third-order valence-corrected chi connectivity index (χ3v) is 1.21. The first-order valence-corrected chi connectivity index (χ1v) is 2.90. The number of rotatable bonds is 2. The monoisotopic (exact) mass is 156 g/mol. The van der Waals surface area contributed by atoms with Gasteiger partial charge < -0.3 is 4.90 Å². The molecule has 0 radical (unpaired) electrons. The van der Waals surface area contributed by atoms with Crippen LogP contribution in [0.3, 0.4) is 0 Å². The van der Waals surface area contributed by atoms with Crippen LogP contribution in [-0.2, 0) is 0 Å². The SMILES string of the molecule is [2H]C([2H])([2H])N(c1ccc(N=O)cc1)C([2H])([2H])[2H]. The van der Waals surface area contributed by atoms with Gasteiger partial charge in [-0.25, -0.2) is 0 Å². The van der Waals surface area contributed by atoms with Gasteiger partial charge in [0.25, 0.3) is 0 Å². The average Bonchev–Trinajstić information content (AvgIpc) is 2.14. The molecule has 1 aromatic rings. The second-order valence-electron chi connectivity index (χ2n) is 1.94. The van der Waals surface area contributed by atoms with Gasteiger partial charge in [0, 0.05) is 27.9 Å². The molecular formula is C8H10N2O. The van der Waals surface area contributed by atoms with Crippen molar-refractivity contribution in [1.82, 2.24) is 0 Å². The predicted octanol–water partition coefficient (Wildman–Crippen LogP) is 2.15. The molecule has 0 heterocycles. The topological polar surface area (TPSA) is 32.7 Å². The molecule has 0 bridgehead atoms. The number of hydrogen-bond donors (Lipinski definition) is 0. The Kier molecular flexibility index (Phi) is 0.837. The van der Waals surface area contributed by atoms with Crippen molar-refractivity contribution in [3.8, 4) is 0 Å². The molecule has 3 heteroatoms. The van der Waals surface area contributed by atoms with Crippen LogP contribution >= 0.6 is 0 Å². The number of hydrogen-bond acceptors (Lipinski definition) is 3. The first-order valence-electron chi connectivity index (χ1n) is 5.90. The summed E-state index contributed by atoms with van der Waals surface area (Å²) in [7, 11) is 0. The predicted molar refractivity (Wildman–Crippen MR) is 46.2 cm³/mol. The van der Waals surface area contributed by atoms with Crippen LogP contribution in [0.5, 0.6) is 0 Å². The highest BCUT2D eigenvalue weighted by atomic mass is 16.3. The first-order chi connectivity index (χ1) is 7.66. The Balaban J connectivity index is 3.19. The molecule has 0 aliphatic rings. The largest absolute Gasteiger partial charge is 0.378 e. The molecule has 0 unspecified atom stereocenters. The van der Waals surface area contributed by atoms with E-state index in [9.17, 15) is 4.91 Å². The lowest BCUT2D eigenvalue weighted by atomic mass is 10.3. The fourth-order valence-electron chi connectivity index (χ4n) is 0.663. The molecule has 1 rings (SSSR count).